The number of carbonyl (C=O) groups is 1. The molecule has 0 radical (unpaired) electrons. The average Bonchev–Trinajstić information content (AvgIpc) is 3.08. The molecule has 1 aliphatic heterocycles. The monoisotopic (exact) mass is 422 g/mol. The number of rotatable bonds is 8. The van der Waals surface area contributed by atoms with E-state index in [-0.39, 0.29) is 13.4 Å². The first-order valence-electron chi connectivity index (χ1n) is 7.93. The van der Waals surface area contributed by atoms with E-state index in [0.29, 0.717) is 29.1 Å². The summed E-state index contributed by atoms with van der Waals surface area (Å²) in [7, 11) is 1.54. The Kier molecular flexibility index (Phi) is 5.85. The molecule has 1 heterocycles. The molecule has 0 saturated heterocycles. The van der Waals surface area contributed by atoms with E-state index in [9.17, 15) is 4.79 Å². The lowest BCUT2D eigenvalue weighted by atomic mass is 10.1. The van der Waals surface area contributed by atoms with Gasteiger partial charge in [-0.2, -0.15) is 0 Å². The smallest absolute Gasteiger partial charge is 0.255 e. The van der Waals surface area contributed by atoms with E-state index in [4.69, 9.17) is 24.7 Å². The minimum atomic E-state index is -0.548. The Morgan fingerprint density at radius 3 is 2.73 bits per heavy atom. The molecule has 0 aromatic heterocycles. The van der Waals surface area contributed by atoms with Gasteiger partial charge >= 0.3 is 0 Å². The highest BCUT2D eigenvalue weighted by Crippen LogP contribution is 2.37. The number of fused-ring (bicyclic) bond motifs is 1. The van der Waals surface area contributed by atoms with Crippen molar-refractivity contribution in [1.29, 1.82) is 0 Å². The fourth-order valence-corrected chi connectivity index (χ4v) is 3.16. The molecule has 0 bridgehead atoms. The van der Waals surface area contributed by atoms with Crippen LogP contribution in [0.1, 0.15) is 11.1 Å². The van der Waals surface area contributed by atoms with Crippen molar-refractivity contribution in [1.82, 2.24) is 5.32 Å². The minimum absolute atomic E-state index is 0.212. The van der Waals surface area contributed by atoms with Gasteiger partial charge in [-0.3, -0.25) is 4.79 Å². The lowest BCUT2D eigenvalue weighted by Crippen LogP contribution is -2.20. The molecule has 3 N–H and O–H groups in total. The van der Waals surface area contributed by atoms with Crippen molar-refractivity contribution in [3.05, 3.63) is 45.9 Å². The highest BCUT2D eigenvalue weighted by molar-refractivity contribution is 9.10. The van der Waals surface area contributed by atoms with Gasteiger partial charge in [0.1, 0.15) is 0 Å². The van der Waals surface area contributed by atoms with Crippen LogP contribution in [0.5, 0.6) is 23.0 Å². The fraction of sp³-hybridized carbons (Fsp3) is 0.278. The second-order valence-electron chi connectivity index (χ2n) is 5.66. The summed E-state index contributed by atoms with van der Waals surface area (Å²) in [5.74, 6) is 1.97. The summed E-state index contributed by atoms with van der Waals surface area (Å²) in [6.07, 6.45) is 0. The Balaban J connectivity index is 1.62. The molecule has 8 heteroatoms. The van der Waals surface area contributed by atoms with Crippen molar-refractivity contribution in [3.63, 3.8) is 0 Å². The minimum Gasteiger partial charge on any atom is -0.493 e. The van der Waals surface area contributed by atoms with Gasteiger partial charge in [0.15, 0.2) is 29.6 Å². The molecule has 3 rings (SSSR count). The lowest BCUT2D eigenvalue weighted by molar-refractivity contribution is -0.119. The molecule has 2 aromatic rings. The number of methoxy groups -OCH3 is 1. The van der Waals surface area contributed by atoms with Gasteiger partial charge in [-0.1, -0.05) is 6.07 Å². The van der Waals surface area contributed by atoms with Gasteiger partial charge in [0.2, 0.25) is 6.79 Å². The standard InChI is InChI=1S/C18H19BrN2O5/c1-23-16-6-12(4-13(19)18(16)24-9-17(20)22)8-21-7-11-2-3-14-15(5-11)26-10-25-14/h2-6,21H,7-10H2,1H3,(H2,20,22). The van der Waals surface area contributed by atoms with Crippen LogP contribution in [0.25, 0.3) is 0 Å². The Labute approximate surface area is 159 Å². The van der Waals surface area contributed by atoms with Crippen molar-refractivity contribution in [3.8, 4) is 23.0 Å². The maximum absolute atomic E-state index is 10.9. The molecule has 2 aromatic carbocycles. The summed E-state index contributed by atoms with van der Waals surface area (Å²) in [5, 5.41) is 3.37. The van der Waals surface area contributed by atoms with E-state index in [1.165, 1.54) is 0 Å². The van der Waals surface area contributed by atoms with Crippen LogP contribution in [0.3, 0.4) is 0 Å². The van der Waals surface area contributed by atoms with Gasteiger partial charge in [0.05, 0.1) is 11.6 Å². The molecule has 0 fully saturated rings. The number of carbonyl (C=O) groups excluding carboxylic acids is 1. The van der Waals surface area contributed by atoms with Crippen LogP contribution in [-0.4, -0.2) is 26.4 Å². The predicted octanol–water partition coefficient (Wildman–Crippen LogP) is 2.34. The third-order valence-electron chi connectivity index (χ3n) is 3.74. The molecule has 26 heavy (non-hydrogen) atoms. The number of nitrogens with one attached hydrogen (secondary N) is 1. The summed E-state index contributed by atoms with van der Waals surface area (Å²) in [4.78, 5) is 10.9. The fourth-order valence-electron chi connectivity index (χ4n) is 2.56. The van der Waals surface area contributed by atoms with E-state index >= 15 is 0 Å². The number of hydrogen-bond donors (Lipinski definition) is 2. The van der Waals surface area contributed by atoms with Crippen molar-refractivity contribution in [2.24, 2.45) is 5.73 Å². The zero-order valence-electron chi connectivity index (χ0n) is 14.2. The summed E-state index contributed by atoms with van der Waals surface area (Å²) >= 11 is 3.44. The Bertz CT molecular complexity index is 812. The third-order valence-corrected chi connectivity index (χ3v) is 4.33. The molecule has 7 nitrogen and oxygen atoms in total. The first-order valence-corrected chi connectivity index (χ1v) is 8.73. The molecule has 138 valence electrons. The number of ether oxygens (including phenoxy) is 4. The second kappa shape index (κ2) is 8.29. The summed E-state index contributed by atoms with van der Waals surface area (Å²) in [5.41, 5.74) is 7.22. The first kappa shape index (κ1) is 18.3. The average molecular weight is 423 g/mol. The highest BCUT2D eigenvalue weighted by atomic mass is 79.9. The second-order valence-corrected chi connectivity index (χ2v) is 6.51. The predicted molar refractivity (Wildman–Crippen MR) is 98.5 cm³/mol. The number of nitrogens with two attached hydrogens (primary N) is 1. The van der Waals surface area contributed by atoms with Gasteiger partial charge in [-0.05, 0) is 51.3 Å². The normalized spacial score (nSPS) is 12.1. The number of amides is 1. The molecule has 0 spiro atoms. The largest absolute Gasteiger partial charge is 0.493 e. The SMILES string of the molecule is COc1cc(CNCc2ccc3c(c2)OCO3)cc(Br)c1OCC(N)=O. The van der Waals surface area contributed by atoms with Crippen molar-refractivity contribution in [2.45, 2.75) is 13.1 Å². The third kappa shape index (κ3) is 4.39. The zero-order chi connectivity index (χ0) is 18.5. The Morgan fingerprint density at radius 2 is 1.96 bits per heavy atom. The van der Waals surface area contributed by atoms with Crippen LogP contribution in [0.2, 0.25) is 0 Å². The Hall–Kier alpha value is -2.45. The first-order chi connectivity index (χ1) is 12.6. The van der Waals surface area contributed by atoms with E-state index in [0.717, 1.165) is 22.6 Å². The number of benzene rings is 2. The van der Waals surface area contributed by atoms with Crippen molar-refractivity contribution >= 4 is 21.8 Å². The quantitative estimate of drug-likeness (QED) is 0.678. The van der Waals surface area contributed by atoms with Crippen LogP contribution in [0.4, 0.5) is 0 Å². The van der Waals surface area contributed by atoms with Gasteiger partial charge in [-0.15, -0.1) is 0 Å². The van der Waals surface area contributed by atoms with E-state index in [1.54, 1.807) is 7.11 Å². The molecule has 0 atom stereocenters. The van der Waals surface area contributed by atoms with Crippen LogP contribution >= 0.6 is 15.9 Å². The molecule has 0 unspecified atom stereocenters. The molecule has 1 amide bonds. The number of hydrogen-bond acceptors (Lipinski definition) is 6. The van der Waals surface area contributed by atoms with Crippen LogP contribution in [-0.2, 0) is 17.9 Å². The molecule has 0 aliphatic carbocycles. The van der Waals surface area contributed by atoms with Crippen LogP contribution in [0, 0.1) is 0 Å². The van der Waals surface area contributed by atoms with Crippen LogP contribution in [0.15, 0.2) is 34.8 Å². The van der Waals surface area contributed by atoms with Gasteiger partial charge < -0.3 is 30.0 Å². The highest BCUT2D eigenvalue weighted by Gasteiger charge is 2.14. The maximum Gasteiger partial charge on any atom is 0.255 e. The van der Waals surface area contributed by atoms with Crippen molar-refractivity contribution < 1.29 is 23.7 Å². The van der Waals surface area contributed by atoms with Crippen LogP contribution < -0.4 is 30.0 Å². The molecular weight excluding hydrogens is 404 g/mol. The topological polar surface area (TPSA) is 92.0 Å². The van der Waals surface area contributed by atoms with E-state index < -0.39 is 5.91 Å². The number of halogens is 1. The summed E-state index contributed by atoms with van der Waals surface area (Å²) in [6, 6.07) is 9.63. The summed E-state index contributed by atoms with van der Waals surface area (Å²) < 4.78 is 22.1. The number of primary amides is 1. The zero-order valence-corrected chi connectivity index (χ0v) is 15.8. The summed E-state index contributed by atoms with van der Waals surface area (Å²) in [6.45, 7) is 1.36. The van der Waals surface area contributed by atoms with E-state index in [2.05, 4.69) is 21.2 Å². The van der Waals surface area contributed by atoms with Crippen molar-refractivity contribution in [2.75, 3.05) is 20.5 Å². The van der Waals surface area contributed by atoms with E-state index in [1.807, 2.05) is 30.3 Å². The Morgan fingerprint density at radius 1 is 1.19 bits per heavy atom. The van der Waals surface area contributed by atoms with Gasteiger partial charge in [0, 0.05) is 13.1 Å². The molecule has 0 saturated carbocycles. The maximum atomic E-state index is 10.9. The molecule has 1 aliphatic rings. The van der Waals surface area contributed by atoms with Gasteiger partial charge in [-0.25, -0.2) is 0 Å². The van der Waals surface area contributed by atoms with Gasteiger partial charge in [0.25, 0.3) is 5.91 Å². The lowest BCUT2D eigenvalue weighted by Gasteiger charge is -2.14. The molecular formula is C18H19BrN2O5.